The lowest BCUT2D eigenvalue weighted by atomic mass is 10.2. The number of rotatable bonds is 7. The Bertz CT molecular complexity index is 760. The number of nitro groups is 1. The molecule has 0 unspecified atom stereocenters. The summed E-state index contributed by atoms with van der Waals surface area (Å²) in [5.41, 5.74) is 2.01. The highest BCUT2D eigenvalue weighted by Crippen LogP contribution is 2.15. The predicted octanol–water partition coefficient (Wildman–Crippen LogP) is 3.20. The number of nitro benzene ring substituents is 1. The van der Waals surface area contributed by atoms with Gasteiger partial charge in [0.2, 0.25) is 0 Å². The third-order valence-corrected chi connectivity index (χ3v) is 3.81. The summed E-state index contributed by atoms with van der Waals surface area (Å²) in [6.07, 6.45) is 0. The van der Waals surface area contributed by atoms with Crippen LogP contribution < -0.4 is 10.1 Å². The monoisotopic (exact) mass is 356 g/mol. The standard InChI is InChI=1S/C19H24N4O3/c1-4-20-19(21-13-16-6-5-7-17(12-16)23(24)25)22(2)14-15-8-10-18(26-3)11-9-15/h5-12H,4,13-14H2,1-3H3,(H,20,21). The van der Waals surface area contributed by atoms with E-state index in [-0.39, 0.29) is 5.69 Å². The van der Waals surface area contributed by atoms with Crippen LogP contribution in [0.4, 0.5) is 5.69 Å². The second-order valence-corrected chi connectivity index (χ2v) is 5.80. The molecule has 0 atom stereocenters. The Kier molecular flexibility index (Phi) is 6.96. The molecule has 7 nitrogen and oxygen atoms in total. The van der Waals surface area contributed by atoms with Gasteiger partial charge in [0.05, 0.1) is 18.6 Å². The molecule has 138 valence electrons. The maximum atomic E-state index is 10.9. The van der Waals surface area contributed by atoms with Gasteiger partial charge in [-0.1, -0.05) is 24.3 Å². The quantitative estimate of drug-likeness (QED) is 0.357. The SMILES string of the molecule is CCNC(=NCc1cccc([N+](=O)[O-])c1)N(C)Cc1ccc(OC)cc1. The van der Waals surface area contributed by atoms with Crippen LogP contribution in [-0.4, -0.2) is 36.5 Å². The first-order chi connectivity index (χ1) is 12.5. The van der Waals surface area contributed by atoms with Crippen molar-refractivity contribution in [2.24, 2.45) is 4.99 Å². The fraction of sp³-hybridized carbons (Fsp3) is 0.316. The Morgan fingerprint density at radius 3 is 2.58 bits per heavy atom. The number of nitrogens with one attached hydrogen (secondary N) is 1. The zero-order valence-corrected chi connectivity index (χ0v) is 15.3. The maximum Gasteiger partial charge on any atom is 0.269 e. The molecule has 0 saturated heterocycles. The summed E-state index contributed by atoms with van der Waals surface area (Å²) < 4.78 is 5.18. The van der Waals surface area contributed by atoms with Crippen LogP contribution in [0.2, 0.25) is 0 Å². The van der Waals surface area contributed by atoms with Gasteiger partial charge in [0.15, 0.2) is 5.96 Å². The van der Waals surface area contributed by atoms with Gasteiger partial charge in [0.1, 0.15) is 5.75 Å². The molecule has 7 heteroatoms. The Morgan fingerprint density at radius 2 is 1.96 bits per heavy atom. The number of benzene rings is 2. The van der Waals surface area contributed by atoms with Crippen LogP contribution >= 0.6 is 0 Å². The van der Waals surface area contributed by atoms with E-state index in [1.165, 1.54) is 6.07 Å². The Labute approximate surface area is 153 Å². The van der Waals surface area contributed by atoms with Crippen molar-refractivity contribution < 1.29 is 9.66 Å². The van der Waals surface area contributed by atoms with Crippen LogP contribution in [-0.2, 0) is 13.1 Å². The van der Waals surface area contributed by atoms with Crippen LogP contribution in [0.5, 0.6) is 5.75 Å². The number of hydrogen-bond acceptors (Lipinski definition) is 4. The van der Waals surface area contributed by atoms with E-state index >= 15 is 0 Å². The molecule has 0 heterocycles. The molecule has 0 saturated carbocycles. The summed E-state index contributed by atoms with van der Waals surface area (Å²) in [5, 5.41) is 14.1. The van der Waals surface area contributed by atoms with Gasteiger partial charge in [-0.3, -0.25) is 10.1 Å². The molecule has 0 aromatic heterocycles. The highest BCUT2D eigenvalue weighted by atomic mass is 16.6. The molecule has 0 fully saturated rings. The highest BCUT2D eigenvalue weighted by molar-refractivity contribution is 5.79. The van der Waals surface area contributed by atoms with E-state index in [9.17, 15) is 10.1 Å². The van der Waals surface area contributed by atoms with Gasteiger partial charge >= 0.3 is 0 Å². The van der Waals surface area contributed by atoms with Gasteiger partial charge in [-0.25, -0.2) is 4.99 Å². The lowest BCUT2D eigenvalue weighted by Crippen LogP contribution is -2.38. The van der Waals surface area contributed by atoms with E-state index in [0.29, 0.717) is 13.1 Å². The fourth-order valence-corrected chi connectivity index (χ4v) is 2.48. The molecular weight excluding hydrogens is 332 g/mol. The van der Waals surface area contributed by atoms with Gasteiger partial charge in [0.25, 0.3) is 5.69 Å². The van der Waals surface area contributed by atoms with E-state index in [2.05, 4.69) is 10.3 Å². The van der Waals surface area contributed by atoms with Crippen LogP contribution in [0.3, 0.4) is 0 Å². The zero-order valence-electron chi connectivity index (χ0n) is 15.3. The first-order valence-corrected chi connectivity index (χ1v) is 8.39. The molecule has 2 aromatic carbocycles. The van der Waals surface area contributed by atoms with Crippen molar-refractivity contribution in [3.05, 3.63) is 69.8 Å². The number of nitrogens with zero attached hydrogens (tertiary/aromatic N) is 3. The normalized spacial score (nSPS) is 11.1. The minimum Gasteiger partial charge on any atom is -0.497 e. The summed E-state index contributed by atoms with van der Waals surface area (Å²) in [4.78, 5) is 17.1. The topological polar surface area (TPSA) is 80.0 Å². The number of hydrogen-bond donors (Lipinski definition) is 1. The predicted molar refractivity (Wildman–Crippen MR) is 102 cm³/mol. The molecule has 0 aliphatic rings. The van der Waals surface area contributed by atoms with Crippen LogP contribution in [0.1, 0.15) is 18.1 Å². The Balaban J connectivity index is 2.09. The first kappa shape index (κ1) is 19.2. The fourth-order valence-electron chi connectivity index (χ4n) is 2.48. The van der Waals surface area contributed by atoms with Crippen molar-refractivity contribution in [1.82, 2.24) is 10.2 Å². The smallest absolute Gasteiger partial charge is 0.269 e. The van der Waals surface area contributed by atoms with Gasteiger partial charge in [-0.05, 0) is 30.2 Å². The summed E-state index contributed by atoms with van der Waals surface area (Å²) in [6, 6.07) is 14.4. The minimum absolute atomic E-state index is 0.0780. The number of non-ortho nitro benzene ring substituents is 1. The number of methoxy groups -OCH3 is 1. The molecule has 0 aliphatic carbocycles. The lowest BCUT2D eigenvalue weighted by molar-refractivity contribution is -0.384. The highest BCUT2D eigenvalue weighted by Gasteiger charge is 2.08. The molecule has 0 spiro atoms. The van der Waals surface area contributed by atoms with Crippen LogP contribution in [0.25, 0.3) is 0 Å². The van der Waals surface area contributed by atoms with E-state index in [0.717, 1.165) is 29.4 Å². The second kappa shape index (κ2) is 9.41. The Hall–Kier alpha value is -3.09. The molecular formula is C19H24N4O3. The third kappa shape index (κ3) is 5.47. The molecule has 26 heavy (non-hydrogen) atoms. The molecule has 0 bridgehead atoms. The largest absolute Gasteiger partial charge is 0.497 e. The molecule has 2 rings (SSSR count). The average molecular weight is 356 g/mol. The molecule has 0 aliphatic heterocycles. The maximum absolute atomic E-state index is 10.9. The van der Waals surface area contributed by atoms with Crippen molar-refractivity contribution >= 4 is 11.6 Å². The van der Waals surface area contributed by atoms with E-state index in [1.807, 2.05) is 49.2 Å². The van der Waals surface area contributed by atoms with Crippen molar-refractivity contribution in [2.75, 3.05) is 20.7 Å². The summed E-state index contributed by atoms with van der Waals surface area (Å²) in [7, 11) is 3.60. The number of aliphatic imine (C=N–C) groups is 1. The number of guanidine groups is 1. The van der Waals surface area contributed by atoms with Crippen molar-refractivity contribution in [2.45, 2.75) is 20.0 Å². The van der Waals surface area contributed by atoms with Gasteiger partial charge in [-0.2, -0.15) is 0 Å². The second-order valence-electron chi connectivity index (χ2n) is 5.80. The van der Waals surface area contributed by atoms with E-state index in [4.69, 9.17) is 4.74 Å². The Morgan fingerprint density at radius 1 is 1.23 bits per heavy atom. The summed E-state index contributed by atoms with van der Waals surface area (Å²) >= 11 is 0. The van der Waals surface area contributed by atoms with Crippen LogP contribution in [0, 0.1) is 10.1 Å². The molecule has 2 aromatic rings. The van der Waals surface area contributed by atoms with Crippen molar-refractivity contribution in [1.29, 1.82) is 0 Å². The molecule has 1 N–H and O–H groups in total. The van der Waals surface area contributed by atoms with Crippen molar-refractivity contribution in [3.63, 3.8) is 0 Å². The van der Waals surface area contributed by atoms with Gasteiger partial charge in [0, 0.05) is 32.3 Å². The minimum atomic E-state index is -0.395. The lowest BCUT2D eigenvalue weighted by Gasteiger charge is -2.22. The summed E-state index contributed by atoms with van der Waals surface area (Å²) in [5.74, 6) is 1.57. The zero-order chi connectivity index (χ0) is 18.9. The van der Waals surface area contributed by atoms with Gasteiger partial charge < -0.3 is 15.0 Å². The van der Waals surface area contributed by atoms with E-state index in [1.54, 1.807) is 19.2 Å². The molecule has 0 radical (unpaired) electrons. The summed E-state index contributed by atoms with van der Waals surface area (Å²) in [6.45, 7) is 3.80. The van der Waals surface area contributed by atoms with Crippen LogP contribution in [0.15, 0.2) is 53.5 Å². The first-order valence-electron chi connectivity index (χ1n) is 8.39. The van der Waals surface area contributed by atoms with Gasteiger partial charge in [-0.15, -0.1) is 0 Å². The van der Waals surface area contributed by atoms with E-state index < -0.39 is 4.92 Å². The van der Waals surface area contributed by atoms with Crippen molar-refractivity contribution in [3.8, 4) is 5.75 Å². The average Bonchev–Trinajstić information content (AvgIpc) is 2.65. The molecule has 0 amide bonds. The number of ether oxygens (including phenoxy) is 1. The third-order valence-electron chi connectivity index (χ3n) is 3.81.